The second-order valence-electron chi connectivity index (χ2n) is 6.55. The molecule has 4 aromatic rings. The van der Waals surface area contributed by atoms with Crippen molar-refractivity contribution < 1.29 is 9.18 Å². The molecule has 5 nitrogen and oxygen atoms in total. The van der Waals surface area contributed by atoms with Gasteiger partial charge in [-0.05, 0) is 66.9 Å². The van der Waals surface area contributed by atoms with Gasteiger partial charge < -0.3 is 5.32 Å². The number of aromatic nitrogens is 2. The van der Waals surface area contributed by atoms with Gasteiger partial charge in [0.25, 0.3) is 11.5 Å². The zero-order valence-electron chi connectivity index (χ0n) is 15.2. The molecule has 0 aliphatic heterocycles. The van der Waals surface area contributed by atoms with Crippen molar-refractivity contribution in [3.8, 4) is 11.3 Å². The van der Waals surface area contributed by atoms with Gasteiger partial charge in [-0.25, -0.2) is 9.37 Å². The van der Waals surface area contributed by atoms with Crippen molar-refractivity contribution >= 4 is 27.9 Å². The van der Waals surface area contributed by atoms with Gasteiger partial charge in [0.1, 0.15) is 11.4 Å². The van der Waals surface area contributed by atoms with Gasteiger partial charge in [0, 0.05) is 17.3 Å². The molecule has 1 amide bonds. The van der Waals surface area contributed by atoms with Crippen molar-refractivity contribution in [3.63, 3.8) is 0 Å². The fourth-order valence-electron chi connectivity index (χ4n) is 3.12. The number of nitrogens with one attached hydrogen (secondary N) is 1. The Kier molecular flexibility index (Phi) is 4.52. The lowest BCUT2D eigenvalue weighted by Gasteiger charge is -2.08. The highest BCUT2D eigenvalue weighted by Gasteiger charge is 2.17. The highest BCUT2D eigenvalue weighted by molar-refractivity contribution is 7.15. The van der Waals surface area contributed by atoms with E-state index in [1.807, 2.05) is 32.0 Å². The van der Waals surface area contributed by atoms with Gasteiger partial charge in [-0.15, -0.1) is 11.3 Å². The SMILES string of the molecule is Cc1cc(C)cc(NC(=O)c2cnc3scc(-c4ccc(F)cc4)n3c2=O)c1. The molecule has 0 atom stereocenters. The summed E-state index contributed by atoms with van der Waals surface area (Å²) in [6.45, 7) is 3.87. The van der Waals surface area contributed by atoms with Crippen LogP contribution in [0.1, 0.15) is 21.5 Å². The minimum absolute atomic E-state index is 0.0570. The van der Waals surface area contributed by atoms with Gasteiger partial charge in [0.05, 0.1) is 5.69 Å². The lowest BCUT2D eigenvalue weighted by Crippen LogP contribution is -2.26. The third kappa shape index (κ3) is 3.32. The lowest BCUT2D eigenvalue weighted by molar-refractivity contribution is 0.102. The van der Waals surface area contributed by atoms with Crippen LogP contribution < -0.4 is 10.9 Å². The molecule has 4 rings (SSSR count). The molecule has 0 unspecified atom stereocenters. The van der Waals surface area contributed by atoms with E-state index in [4.69, 9.17) is 0 Å². The molecule has 2 heterocycles. The molecular weight excluding hydrogens is 377 g/mol. The zero-order valence-corrected chi connectivity index (χ0v) is 16.0. The van der Waals surface area contributed by atoms with Crippen LogP contribution in [-0.2, 0) is 0 Å². The number of hydrogen-bond acceptors (Lipinski definition) is 4. The van der Waals surface area contributed by atoms with Crippen LogP contribution >= 0.6 is 11.3 Å². The summed E-state index contributed by atoms with van der Waals surface area (Å²) in [4.78, 5) is 30.4. The number of hydrogen-bond donors (Lipinski definition) is 1. The van der Waals surface area contributed by atoms with Crippen molar-refractivity contribution in [3.05, 3.63) is 86.9 Å². The van der Waals surface area contributed by atoms with Crippen molar-refractivity contribution in [1.29, 1.82) is 0 Å². The molecule has 28 heavy (non-hydrogen) atoms. The molecule has 0 spiro atoms. The van der Waals surface area contributed by atoms with Gasteiger partial charge in [0.2, 0.25) is 0 Å². The molecule has 2 aromatic carbocycles. The second-order valence-corrected chi connectivity index (χ2v) is 7.39. The van der Waals surface area contributed by atoms with Gasteiger partial charge in [-0.3, -0.25) is 14.0 Å². The maximum absolute atomic E-state index is 13.2. The molecule has 7 heteroatoms. The Bertz CT molecular complexity index is 1240. The number of carbonyl (C=O) groups is 1. The van der Waals surface area contributed by atoms with Crippen molar-refractivity contribution in [2.75, 3.05) is 5.32 Å². The summed E-state index contributed by atoms with van der Waals surface area (Å²) in [7, 11) is 0. The topological polar surface area (TPSA) is 63.5 Å². The fourth-order valence-corrected chi connectivity index (χ4v) is 3.97. The van der Waals surface area contributed by atoms with E-state index >= 15 is 0 Å². The summed E-state index contributed by atoms with van der Waals surface area (Å²) in [5.74, 6) is -0.879. The van der Waals surface area contributed by atoms with Gasteiger partial charge in [-0.2, -0.15) is 0 Å². The Morgan fingerprint density at radius 3 is 2.46 bits per heavy atom. The maximum Gasteiger partial charge on any atom is 0.271 e. The maximum atomic E-state index is 13.2. The number of rotatable bonds is 3. The Balaban J connectivity index is 1.77. The summed E-state index contributed by atoms with van der Waals surface area (Å²) in [6, 6.07) is 11.5. The van der Waals surface area contributed by atoms with Gasteiger partial charge >= 0.3 is 0 Å². The summed E-state index contributed by atoms with van der Waals surface area (Å²) in [5.41, 5.74) is 3.36. The van der Waals surface area contributed by atoms with Crippen LogP contribution in [0.15, 0.2) is 58.8 Å². The number of thiazole rings is 1. The number of fused-ring (bicyclic) bond motifs is 1. The number of carbonyl (C=O) groups excluding carboxylic acids is 1. The largest absolute Gasteiger partial charge is 0.322 e. The first-order valence-electron chi connectivity index (χ1n) is 8.57. The minimum Gasteiger partial charge on any atom is -0.322 e. The monoisotopic (exact) mass is 393 g/mol. The number of aryl methyl sites for hydroxylation is 2. The third-order valence-electron chi connectivity index (χ3n) is 4.31. The molecule has 0 saturated carbocycles. The smallest absolute Gasteiger partial charge is 0.271 e. The number of anilines is 1. The van der Waals surface area contributed by atoms with E-state index in [0.717, 1.165) is 11.1 Å². The summed E-state index contributed by atoms with van der Waals surface area (Å²) >= 11 is 1.28. The highest BCUT2D eigenvalue weighted by Crippen LogP contribution is 2.24. The predicted octanol–water partition coefficient (Wildman–Crippen LogP) is 4.43. The molecule has 0 saturated heterocycles. The molecule has 0 fully saturated rings. The van der Waals surface area contributed by atoms with E-state index in [2.05, 4.69) is 10.3 Å². The Labute approximate surface area is 164 Å². The third-order valence-corrected chi connectivity index (χ3v) is 5.15. The molecule has 0 aliphatic carbocycles. The number of benzene rings is 2. The van der Waals surface area contributed by atoms with Crippen LogP contribution in [0.4, 0.5) is 10.1 Å². The average Bonchev–Trinajstić information content (AvgIpc) is 3.06. The van der Waals surface area contributed by atoms with Crippen LogP contribution in [0.5, 0.6) is 0 Å². The number of nitrogens with zero attached hydrogens (tertiary/aromatic N) is 2. The summed E-state index contributed by atoms with van der Waals surface area (Å²) in [6.07, 6.45) is 1.29. The van der Waals surface area contributed by atoms with Crippen LogP contribution in [-0.4, -0.2) is 15.3 Å². The molecule has 0 bridgehead atoms. The fraction of sp³-hybridized carbons (Fsp3) is 0.0952. The molecular formula is C21H16FN3O2S. The normalized spacial score (nSPS) is 11.0. The Hall–Kier alpha value is -3.32. The van der Waals surface area contributed by atoms with Crippen molar-refractivity contribution in [1.82, 2.24) is 9.38 Å². The lowest BCUT2D eigenvalue weighted by atomic mass is 10.1. The Morgan fingerprint density at radius 1 is 1.11 bits per heavy atom. The summed E-state index contributed by atoms with van der Waals surface area (Å²) < 4.78 is 14.6. The van der Waals surface area contributed by atoms with Crippen LogP contribution in [0, 0.1) is 19.7 Å². The van der Waals surface area contributed by atoms with E-state index < -0.39 is 11.5 Å². The minimum atomic E-state index is -0.520. The number of amides is 1. The molecule has 2 aromatic heterocycles. The van der Waals surface area contributed by atoms with Gasteiger partial charge in [-0.1, -0.05) is 6.07 Å². The second kappa shape index (κ2) is 7.01. The van der Waals surface area contributed by atoms with Crippen LogP contribution in [0.2, 0.25) is 0 Å². The van der Waals surface area contributed by atoms with Crippen molar-refractivity contribution in [2.24, 2.45) is 0 Å². The first kappa shape index (κ1) is 18.1. The predicted molar refractivity (Wildman–Crippen MR) is 109 cm³/mol. The molecule has 0 radical (unpaired) electrons. The Morgan fingerprint density at radius 2 is 1.79 bits per heavy atom. The molecule has 140 valence electrons. The molecule has 0 aliphatic rings. The first-order valence-corrected chi connectivity index (χ1v) is 9.45. The van der Waals surface area contributed by atoms with E-state index in [9.17, 15) is 14.0 Å². The highest BCUT2D eigenvalue weighted by atomic mass is 32.1. The van der Waals surface area contributed by atoms with Crippen molar-refractivity contribution in [2.45, 2.75) is 13.8 Å². The number of halogens is 1. The van der Waals surface area contributed by atoms with Crippen LogP contribution in [0.25, 0.3) is 16.2 Å². The first-order chi connectivity index (χ1) is 13.4. The van der Waals surface area contributed by atoms with E-state index in [-0.39, 0.29) is 11.4 Å². The van der Waals surface area contributed by atoms with Gasteiger partial charge in [0.15, 0.2) is 4.96 Å². The summed E-state index contributed by atoms with van der Waals surface area (Å²) in [5, 5.41) is 4.53. The van der Waals surface area contributed by atoms with Crippen LogP contribution in [0.3, 0.4) is 0 Å². The zero-order chi connectivity index (χ0) is 19.8. The van der Waals surface area contributed by atoms with E-state index in [0.29, 0.717) is 21.9 Å². The quantitative estimate of drug-likeness (QED) is 0.560. The average molecular weight is 393 g/mol. The van der Waals surface area contributed by atoms with E-state index in [1.165, 1.54) is 34.1 Å². The molecule has 1 N–H and O–H groups in total. The van der Waals surface area contributed by atoms with E-state index in [1.54, 1.807) is 17.5 Å². The standard InChI is InChI=1S/C21H16FN3O2S/c1-12-7-13(2)9-16(8-12)24-19(26)17-10-23-21-25(20(17)27)18(11-28-21)14-3-5-15(22)6-4-14/h3-11H,1-2H3,(H,24,26).